The van der Waals surface area contributed by atoms with Crippen LogP contribution in [0, 0.1) is 18.3 Å². The van der Waals surface area contributed by atoms with Gasteiger partial charge >= 0.3 is 5.97 Å². The Balaban J connectivity index is 1.31. The Morgan fingerprint density at radius 1 is 1.07 bits per heavy atom. The predicted octanol–water partition coefficient (Wildman–Crippen LogP) is 5.82. The van der Waals surface area contributed by atoms with Gasteiger partial charge in [-0.25, -0.2) is 19.7 Å². The Morgan fingerprint density at radius 2 is 1.95 bits per heavy atom. The van der Waals surface area contributed by atoms with Crippen LogP contribution in [-0.2, 0) is 37.2 Å². The molecule has 7 rings (SSSR count). The quantitative estimate of drug-likeness (QED) is 0.274. The molecule has 5 aromatic rings. The summed E-state index contributed by atoms with van der Waals surface area (Å²) in [6.07, 6.45) is 3.99. The summed E-state index contributed by atoms with van der Waals surface area (Å²) in [6, 6.07) is 21.2. The monoisotopic (exact) mass is 585 g/mol. The van der Waals surface area contributed by atoms with Gasteiger partial charge in [-0.15, -0.1) is 0 Å². The maximum Gasteiger partial charge on any atom is 0.335 e. The summed E-state index contributed by atoms with van der Waals surface area (Å²) >= 11 is 0. The number of pyridine rings is 2. The van der Waals surface area contributed by atoms with Gasteiger partial charge in [0.25, 0.3) is 0 Å². The molecule has 0 unspecified atom stereocenters. The Morgan fingerprint density at radius 3 is 2.75 bits per heavy atom. The average molecular weight is 586 g/mol. The number of aromatic nitrogens is 4. The summed E-state index contributed by atoms with van der Waals surface area (Å²) < 4.78 is 14.0. The number of aryl methyl sites for hydroxylation is 3. The highest BCUT2D eigenvalue weighted by molar-refractivity contribution is 5.92. The van der Waals surface area contributed by atoms with Crippen LogP contribution in [0.15, 0.2) is 60.7 Å². The molecule has 0 aliphatic carbocycles. The van der Waals surface area contributed by atoms with E-state index in [0.29, 0.717) is 37.6 Å². The number of aromatic carboxylic acids is 1. The van der Waals surface area contributed by atoms with Gasteiger partial charge in [-0.2, -0.15) is 5.26 Å². The molecule has 2 aliphatic heterocycles. The zero-order chi connectivity index (χ0) is 30.2. The highest BCUT2D eigenvalue weighted by atomic mass is 16.5. The van der Waals surface area contributed by atoms with Crippen LogP contribution >= 0.6 is 0 Å². The number of carboxylic acids is 1. The van der Waals surface area contributed by atoms with E-state index in [1.54, 1.807) is 24.3 Å². The van der Waals surface area contributed by atoms with Crippen molar-refractivity contribution < 1.29 is 19.4 Å². The lowest BCUT2D eigenvalue weighted by Gasteiger charge is -2.27. The number of ether oxygens (including phenoxy) is 2. The van der Waals surface area contributed by atoms with Gasteiger partial charge in [0.2, 0.25) is 5.88 Å². The fourth-order valence-electron chi connectivity index (χ4n) is 6.12. The minimum atomic E-state index is -0.959. The molecule has 4 bridgehead atoms. The molecule has 1 saturated heterocycles. The summed E-state index contributed by atoms with van der Waals surface area (Å²) in [7, 11) is 0. The van der Waals surface area contributed by atoms with Crippen molar-refractivity contribution in [2.45, 2.75) is 58.3 Å². The lowest BCUT2D eigenvalue weighted by Crippen LogP contribution is -2.31. The highest BCUT2D eigenvalue weighted by Crippen LogP contribution is 2.31. The van der Waals surface area contributed by atoms with Crippen LogP contribution < -0.4 is 4.74 Å². The second-order valence-corrected chi connectivity index (χ2v) is 11.5. The number of rotatable bonds is 5. The molecular formula is C35H31N5O4. The zero-order valence-corrected chi connectivity index (χ0v) is 24.4. The van der Waals surface area contributed by atoms with Crippen molar-refractivity contribution >= 4 is 17.0 Å². The Kier molecular flexibility index (Phi) is 7.28. The van der Waals surface area contributed by atoms with E-state index in [1.807, 2.05) is 24.3 Å². The van der Waals surface area contributed by atoms with Gasteiger partial charge in [-0.1, -0.05) is 18.2 Å². The molecule has 9 heteroatoms. The topological polar surface area (TPSA) is 123 Å². The highest BCUT2D eigenvalue weighted by Gasteiger charge is 2.23. The molecule has 2 aliphatic rings. The van der Waals surface area contributed by atoms with Crippen molar-refractivity contribution in [3.63, 3.8) is 0 Å². The first kappa shape index (κ1) is 27.7. The van der Waals surface area contributed by atoms with Crippen LogP contribution in [0.2, 0.25) is 0 Å². The standard InChI is InChI=1S/C35H31N5O4/c1-21-14-25(17-33-38-31-11-9-23(35(41)42)16-32(31)40(33)19-27-12-13-43-27)22-4-2-5-29-24(8-10-26(18-36)37-29)20-44-34-7-3-6-30(39-34)28(21)15-22/h3,6-11,14-16,27H,2,4-5,12-13,17,19-20H2,1H3,(H,41,42)/t27-/m0/s1. The van der Waals surface area contributed by atoms with Crippen molar-refractivity contribution in [3.8, 4) is 23.2 Å². The summed E-state index contributed by atoms with van der Waals surface area (Å²) in [6.45, 7) is 3.80. The third kappa shape index (κ3) is 5.40. The normalized spacial score (nSPS) is 16.0. The van der Waals surface area contributed by atoms with Crippen molar-refractivity contribution in [1.29, 1.82) is 5.26 Å². The van der Waals surface area contributed by atoms with E-state index in [4.69, 9.17) is 19.4 Å². The Hall–Kier alpha value is -5.07. The van der Waals surface area contributed by atoms with Gasteiger partial charge in [0.05, 0.1) is 34.9 Å². The van der Waals surface area contributed by atoms with E-state index in [2.05, 4.69) is 34.7 Å². The number of hydrogen-bond acceptors (Lipinski definition) is 7. The number of benzene rings is 2. The van der Waals surface area contributed by atoms with Crippen LogP contribution in [0.1, 0.15) is 62.7 Å². The van der Waals surface area contributed by atoms with Crippen LogP contribution in [0.4, 0.5) is 0 Å². The van der Waals surface area contributed by atoms with Gasteiger partial charge in [-0.3, -0.25) is 0 Å². The summed E-state index contributed by atoms with van der Waals surface area (Å²) in [4.78, 5) is 26.2. The number of imidazole rings is 1. The van der Waals surface area contributed by atoms with E-state index in [9.17, 15) is 15.2 Å². The minimum Gasteiger partial charge on any atom is -0.478 e. The van der Waals surface area contributed by atoms with Crippen LogP contribution in [0.5, 0.6) is 5.88 Å². The second-order valence-electron chi connectivity index (χ2n) is 11.5. The van der Waals surface area contributed by atoms with Crippen molar-refractivity contribution in [2.75, 3.05) is 6.61 Å². The number of nitrogens with zero attached hydrogens (tertiary/aromatic N) is 5. The number of nitriles is 1. The maximum atomic E-state index is 11.8. The largest absolute Gasteiger partial charge is 0.478 e. The number of hydrogen-bond donors (Lipinski definition) is 1. The molecule has 9 nitrogen and oxygen atoms in total. The van der Waals surface area contributed by atoms with Crippen molar-refractivity contribution in [3.05, 3.63) is 106 Å². The molecule has 44 heavy (non-hydrogen) atoms. The van der Waals surface area contributed by atoms with Crippen molar-refractivity contribution in [1.82, 2.24) is 19.5 Å². The van der Waals surface area contributed by atoms with Gasteiger partial charge < -0.3 is 19.1 Å². The number of carboxylic acid groups (broad SMARTS) is 1. The first-order valence-electron chi connectivity index (χ1n) is 14.9. The summed E-state index contributed by atoms with van der Waals surface area (Å²) in [5, 5.41) is 19.1. The van der Waals surface area contributed by atoms with Crippen LogP contribution in [0.3, 0.4) is 0 Å². The number of carbonyl (C=O) groups is 1. The molecule has 220 valence electrons. The Labute approximate surface area is 254 Å². The molecule has 5 heterocycles. The molecule has 0 spiro atoms. The predicted molar refractivity (Wildman–Crippen MR) is 164 cm³/mol. The van der Waals surface area contributed by atoms with E-state index in [1.165, 1.54) is 5.56 Å². The van der Waals surface area contributed by atoms with Crippen molar-refractivity contribution in [2.24, 2.45) is 0 Å². The SMILES string of the molecule is Cc1cc(Cc2nc3ccc(C(=O)O)cc3n2C[C@@H]2CCO2)c2cc1-c1cccc(n1)OCc1ccc(C#N)nc1CCC2. The molecule has 1 N–H and O–H groups in total. The first-order chi connectivity index (χ1) is 21.4. The van der Waals surface area contributed by atoms with Gasteiger partial charge in [0, 0.05) is 35.9 Å². The molecule has 1 fully saturated rings. The first-order valence-corrected chi connectivity index (χ1v) is 14.9. The van der Waals surface area contributed by atoms with E-state index >= 15 is 0 Å². The maximum absolute atomic E-state index is 11.8. The van der Waals surface area contributed by atoms with E-state index in [0.717, 1.165) is 76.4 Å². The zero-order valence-electron chi connectivity index (χ0n) is 24.4. The fourth-order valence-corrected chi connectivity index (χ4v) is 6.12. The third-order valence-electron chi connectivity index (χ3n) is 8.57. The molecule has 1 atom stereocenters. The minimum absolute atomic E-state index is 0.0872. The Bertz CT molecular complexity index is 1950. The lowest BCUT2D eigenvalue weighted by molar-refractivity contribution is -0.0589. The van der Waals surface area contributed by atoms with Gasteiger partial charge in [-0.05, 0) is 85.7 Å². The molecule has 2 aromatic carbocycles. The smallest absolute Gasteiger partial charge is 0.335 e. The summed E-state index contributed by atoms with van der Waals surface area (Å²) in [5.41, 5.74) is 9.39. The second kappa shape index (κ2) is 11.5. The van der Waals surface area contributed by atoms with Crippen LogP contribution in [-0.4, -0.2) is 43.3 Å². The molecule has 0 saturated carbocycles. The molecule has 3 aromatic heterocycles. The van der Waals surface area contributed by atoms with Crippen LogP contribution in [0.25, 0.3) is 22.3 Å². The van der Waals surface area contributed by atoms with E-state index in [-0.39, 0.29) is 11.7 Å². The molecule has 0 amide bonds. The number of fused-ring (bicyclic) bond motifs is 7. The van der Waals surface area contributed by atoms with E-state index < -0.39 is 5.97 Å². The fraction of sp³-hybridized carbons (Fsp3) is 0.286. The van der Waals surface area contributed by atoms with Gasteiger partial charge in [0.15, 0.2) is 0 Å². The average Bonchev–Trinajstić information content (AvgIpc) is 3.34. The molecular weight excluding hydrogens is 554 g/mol. The third-order valence-corrected chi connectivity index (χ3v) is 8.57. The molecule has 0 radical (unpaired) electrons. The lowest BCUT2D eigenvalue weighted by atomic mass is 9.92. The summed E-state index contributed by atoms with van der Waals surface area (Å²) in [5.74, 6) is 0.456. The van der Waals surface area contributed by atoms with Gasteiger partial charge in [0.1, 0.15) is 24.2 Å².